The number of hydrogen-bond acceptors (Lipinski definition) is 8. The summed E-state index contributed by atoms with van der Waals surface area (Å²) in [5.41, 5.74) is 1.00. The molecule has 0 saturated heterocycles. The number of hydrogen-bond donors (Lipinski definition) is 0. The number of nitriles is 4. The normalized spacial score (nSPS) is 12.6. The molecule has 2 atom stereocenters. The zero-order chi connectivity index (χ0) is 34.5. The molecule has 8 nitrogen and oxygen atoms in total. The van der Waals surface area contributed by atoms with Gasteiger partial charge in [-0.1, -0.05) is 66.2 Å². The SMILES string of the molecule is CCCCC(CC)Cn1c(/C=C/c2ccc(-c3ccc(/C=C/c4nc(C#N)c(C#N)n4CC(CC)CCCC)s3)s2)nc(C#N)c1C#N. The van der Waals surface area contributed by atoms with E-state index < -0.39 is 0 Å². The summed E-state index contributed by atoms with van der Waals surface area (Å²) in [7, 11) is 0. The second-order valence-electron chi connectivity index (χ2n) is 11.9. The van der Waals surface area contributed by atoms with E-state index in [4.69, 9.17) is 0 Å². The Morgan fingerprint density at radius 2 is 1.04 bits per heavy atom. The van der Waals surface area contributed by atoms with E-state index in [1.165, 1.54) is 0 Å². The minimum absolute atomic E-state index is 0.172. The quantitative estimate of drug-likeness (QED) is 0.110. The van der Waals surface area contributed by atoms with E-state index in [0.717, 1.165) is 70.9 Å². The van der Waals surface area contributed by atoms with Gasteiger partial charge in [0.25, 0.3) is 0 Å². The van der Waals surface area contributed by atoms with Gasteiger partial charge >= 0.3 is 0 Å². The maximum atomic E-state index is 9.83. The van der Waals surface area contributed by atoms with Crippen LogP contribution in [0.4, 0.5) is 0 Å². The smallest absolute Gasteiger partial charge is 0.177 e. The first-order valence-electron chi connectivity index (χ1n) is 16.8. The van der Waals surface area contributed by atoms with Crippen LogP contribution in [0.1, 0.15) is 123 Å². The van der Waals surface area contributed by atoms with Crippen molar-refractivity contribution >= 4 is 47.0 Å². The predicted octanol–water partition coefficient (Wildman–Crippen LogP) is 10.1. The van der Waals surface area contributed by atoms with Gasteiger partial charge in [0.1, 0.15) is 35.9 Å². The molecule has 4 aromatic rings. The van der Waals surface area contributed by atoms with Crippen LogP contribution in [-0.2, 0) is 13.1 Å². The predicted molar refractivity (Wildman–Crippen MR) is 195 cm³/mol. The molecule has 4 aromatic heterocycles. The molecule has 0 N–H and O–H groups in total. The van der Waals surface area contributed by atoms with Crippen LogP contribution in [0.2, 0.25) is 0 Å². The molecule has 0 fully saturated rings. The fourth-order valence-corrected chi connectivity index (χ4v) is 7.67. The van der Waals surface area contributed by atoms with E-state index in [-0.39, 0.29) is 11.4 Å². The van der Waals surface area contributed by atoms with Gasteiger partial charge in [-0.05, 0) is 73.2 Å². The van der Waals surface area contributed by atoms with Gasteiger partial charge in [0.15, 0.2) is 22.8 Å². The fraction of sp³-hybridized carbons (Fsp3) is 0.421. The second-order valence-corrected chi connectivity index (χ2v) is 14.1. The van der Waals surface area contributed by atoms with Crippen LogP contribution in [0.5, 0.6) is 0 Å². The average molecular weight is 675 g/mol. The van der Waals surface area contributed by atoms with E-state index in [1.54, 1.807) is 22.7 Å². The molecule has 4 rings (SSSR count). The van der Waals surface area contributed by atoms with Gasteiger partial charge in [-0.3, -0.25) is 0 Å². The number of nitrogens with zero attached hydrogens (tertiary/aromatic N) is 8. The highest BCUT2D eigenvalue weighted by molar-refractivity contribution is 7.23. The third kappa shape index (κ3) is 8.78. The van der Waals surface area contributed by atoms with Crippen molar-refractivity contribution in [3.05, 3.63) is 68.4 Å². The standard InChI is InChI=1S/C38H42N8S2/c1-5-9-11-27(7-3)25-45-33(23-41)31(21-39)43-37(45)19-15-29-13-17-35(47-29)36-18-14-30(48-36)16-20-38-44-32(22-40)34(24-42)46(38)26-28(8-4)12-10-6-2/h13-20,27-28H,5-12,25-26H2,1-4H3/b19-15+,20-16+. The molecule has 0 aliphatic rings. The van der Waals surface area contributed by atoms with Crippen molar-refractivity contribution in [2.24, 2.45) is 11.8 Å². The molecule has 0 spiro atoms. The van der Waals surface area contributed by atoms with E-state index in [0.29, 0.717) is 48.0 Å². The Balaban J connectivity index is 1.54. The van der Waals surface area contributed by atoms with Crippen molar-refractivity contribution in [2.75, 3.05) is 0 Å². The molecular formula is C38H42N8S2. The Morgan fingerprint density at radius 3 is 1.38 bits per heavy atom. The lowest BCUT2D eigenvalue weighted by atomic mass is 9.99. The summed E-state index contributed by atoms with van der Waals surface area (Å²) in [6, 6.07) is 16.9. The largest absolute Gasteiger partial charge is 0.315 e. The third-order valence-electron chi connectivity index (χ3n) is 8.68. The summed E-state index contributed by atoms with van der Waals surface area (Å²) < 4.78 is 3.81. The molecule has 0 aliphatic heterocycles. The molecule has 0 bridgehead atoms. The molecule has 0 aliphatic carbocycles. The lowest BCUT2D eigenvalue weighted by molar-refractivity contribution is 0.388. The summed E-state index contributed by atoms with van der Waals surface area (Å²) in [6.45, 7) is 10.0. The Kier molecular flexibility index (Phi) is 13.5. The van der Waals surface area contributed by atoms with Gasteiger partial charge in [-0.25, -0.2) is 9.97 Å². The summed E-state index contributed by atoms with van der Waals surface area (Å²) in [5.74, 6) is 2.09. The molecule has 2 unspecified atom stereocenters. The number of rotatable bonds is 17. The molecule has 0 aromatic carbocycles. The number of aromatic nitrogens is 4. The van der Waals surface area contributed by atoms with E-state index >= 15 is 0 Å². The van der Waals surface area contributed by atoms with Gasteiger partial charge in [-0.2, -0.15) is 21.0 Å². The van der Waals surface area contributed by atoms with Crippen LogP contribution < -0.4 is 0 Å². The molecule has 0 saturated carbocycles. The molecule has 48 heavy (non-hydrogen) atoms. The topological polar surface area (TPSA) is 131 Å². The van der Waals surface area contributed by atoms with Crippen molar-refractivity contribution in [1.82, 2.24) is 19.1 Å². The summed E-state index contributed by atoms with van der Waals surface area (Å²) in [5, 5.41) is 38.9. The van der Waals surface area contributed by atoms with Crippen LogP contribution in [-0.4, -0.2) is 19.1 Å². The highest BCUT2D eigenvalue weighted by Crippen LogP contribution is 2.35. The Bertz CT molecular complexity index is 1770. The van der Waals surface area contributed by atoms with Gasteiger partial charge in [0.2, 0.25) is 0 Å². The minimum Gasteiger partial charge on any atom is -0.315 e. The van der Waals surface area contributed by atoms with Crippen LogP contribution >= 0.6 is 22.7 Å². The lowest BCUT2D eigenvalue weighted by Gasteiger charge is -2.16. The highest BCUT2D eigenvalue weighted by Gasteiger charge is 2.20. The van der Waals surface area contributed by atoms with Crippen LogP contribution in [0, 0.1) is 57.2 Å². The van der Waals surface area contributed by atoms with Crippen molar-refractivity contribution in [1.29, 1.82) is 21.0 Å². The first-order chi connectivity index (χ1) is 23.4. The lowest BCUT2D eigenvalue weighted by Crippen LogP contribution is -2.13. The van der Waals surface area contributed by atoms with E-state index in [9.17, 15) is 21.0 Å². The van der Waals surface area contributed by atoms with Crippen molar-refractivity contribution in [3.8, 4) is 34.0 Å². The molecule has 10 heteroatoms. The summed E-state index contributed by atoms with van der Waals surface area (Å²) in [4.78, 5) is 13.4. The van der Waals surface area contributed by atoms with Crippen molar-refractivity contribution in [2.45, 2.75) is 92.2 Å². The van der Waals surface area contributed by atoms with Gasteiger partial charge in [-0.15, -0.1) is 22.7 Å². The van der Waals surface area contributed by atoms with Gasteiger partial charge in [0, 0.05) is 32.6 Å². The Labute approximate surface area is 292 Å². The molecule has 0 radical (unpaired) electrons. The Morgan fingerprint density at radius 1 is 0.625 bits per heavy atom. The minimum atomic E-state index is 0.172. The van der Waals surface area contributed by atoms with Crippen LogP contribution in [0.3, 0.4) is 0 Å². The van der Waals surface area contributed by atoms with Crippen molar-refractivity contribution in [3.63, 3.8) is 0 Å². The Hall–Kier alpha value is -4.74. The second kappa shape index (κ2) is 18.0. The number of imidazole rings is 2. The van der Waals surface area contributed by atoms with Gasteiger partial charge in [0.05, 0.1) is 0 Å². The molecule has 4 heterocycles. The first-order valence-corrected chi connectivity index (χ1v) is 18.4. The maximum absolute atomic E-state index is 9.83. The third-order valence-corrected chi connectivity index (χ3v) is 11.0. The van der Waals surface area contributed by atoms with Gasteiger partial charge < -0.3 is 9.13 Å². The molecule has 0 amide bonds. The maximum Gasteiger partial charge on any atom is 0.177 e. The van der Waals surface area contributed by atoms with Crippen LogP contribution in [0.25, 0.3) is 34.1 Å². The summed E-state index contributed by atoms with van der Waals surface area (Å²) >= 11 is 3.33. The molecular weight excluding hydrogens is 633 g/mol. The fourth-order valence-electron chi connectivity index (χ4n) is 5.76. The van der Waals surface area contributed by atoms with E-state index in [1.807, 2.05) is 33.4 Å². The zero-order valence-corrected chi connectivity index (χ0v) is 29.9. The number of unbranched alkanes of at least 4 members (excludes halogenated alkanes) is 2. The number of thiophene rings is 2. The van der Waals surface area contributed by atoms with E-state index in [2.05, 4.69) is 86.2 Å². The average Bonchev–Trinajstić information content (AvgIpc) is 3.91. The zero-order valence-electron chi connectivity index (χ0n) is 28.2. The first kappa shape index (κ1) is 36.1. The highest BCUT2D eigenvalue weighted by atomic mass is 32.1. The monoisotopic (exact) mass is 674 g/mol. The summed E-state index contributed by atoms with van der Waals surface area (Å²) in [6.07, 6.45) is 16.5. The van der Waals surface area contributed by atoms with Crippen LogP contribution in [0.15, 0.2) is 24.3 Å². The molecule has 246 valence electrons. The van der Waals surface area contributed by atoms with Crippen molar-refractivity contribution < 1.29 is 0 Å².